The molecule has 112 valence electrons. The summed E-state index contributed by atoms with van der Waals surface area (Å²) < 4.78 is 22.2. The first-order valence-electron chi connectivity index (χ1n) is 6.55. The van der Waals surface area contributed by atoms with Crippen LogP contribution in [0.5, 0.6) is 0 Å². The third-order valence-electron chi connectivity index (χ3n) is 3.48. The van der Waals surface area contributed by atoms with Crippen LogP contribution in [0.4, 0.5) is 0 Å². The molecule has 0 saturated carbocycles. The lowest BCUT2D eigenvalue weighted by atomic mass is 10.1. The highest BCUT2D eigenvalue weighted by Crippen LogP contribution is 2.16. The summed E-state index contributed by atoms with van der Waals surface area (Å²) in [5.74, 6) is 0.0911. The Morgan fingerprint density at radius 2 is 1.85 bits per heavy atom. The van der Waals surface area contributed by atoms with Gasteiger partial charge in [-0.15, -0.1) is 0 Å². The van der Waals surface area contributed by atoms with E-state index in [-0.39, 0.29) is 16.8 Å². The Morgan fingerprint density at radius 3 is 2.30 bits per heavy atom. The Hall–Kier alpha value is -1.07. The molecule has 0 spiro atoms. The fraction of sp³-hybridized carbons (Fsp3) is 0.500. The Labute approximate surface area is 125 Å². The van der Waals surface area contributed by atoms with E-state index in [0.29, 0.717) is 12.8 Å². The van der Waals surface area contributed by atoms with Crippen molar-refractivity contribution >= 4 is 25.6 Å². The average Bonchev–Trinajstić information content (AvgIpc) is 2.42. The topological polar surface area (TPSA) is 54.5 Å². The molecule has 20 heavy (non-hydrogen) atoms. The molecule has 1 atom stereocenters. The number of nitrogens with zero attached hydrogens (tertiary/aromatic N) is 1. The first kappa shape index (κ1) is 17.0. The molecular weight excluding hydrogens is 298 g/mol. The third-order valence-corrected chi connectivity index (χ3v) is 4.85. The van der Waals surface area contributed by atoms with Gasteiger partial charge in [-0.05, 0) is 37.5 Å². The van der Waals surface area contributed by atoms with Gasteiger partial charge in [-0.3, -0.25) is 4.79 Å². The van der Waals surface area contributed by atoms with E-state index in [4.69, 9.17) is 10.7 Å². The van der Waals surface area contributed by atoms with Crippen LogP contribution in [0.15, 0.2) is 29.2 Å². The summed E-state index contributed by atoms with van der Waals surface area (Å²) in [5, 5.41) is 0. The molecule has 0 bridgehead atoms. The minimum atomic E-state index is -3.68. The molecule has 0 saturated heterocycles. The van der Waals surface area contributed by atoms with Crippen LogP contribution in [0.1, 0.15) is 32.3 Å². The minimum Gasteiger partial charge on any atom is -0.343 e. The van der Waals surface area contributed by atoms with Crippen LogP contribution in [0.3, 0.4) is 0 Å². The second-order valence-corrected chi connectivity index (χ2v) is 7.41. The van der Waals surface area contributed by atoms with Crippen molar-refractivity contribution in [3.8, 4) is 0 Å². The fourth-order valence-corrected chi connectivity index (χ4v) is 2.54. The van der Waals surface area contributed by atoms with Crippen molar-refractivity contribution in [2.75, 3.05) is 7.05 Å². The molecule has 6 heteroatoms. The van der Waals surface area contributed by atoms with Gasteiger partial charge in [-0.25, -0.2) is 8.42 Å². The Kier molecular flexibility index (Phi) is 6.02. The van der Waals surface area contributed by atoms with E-state index < -0.39 is 9.05 Å². The van der Waals surface area contributed by atoms with E-state index in [1.807, 2.05) is 13.8 Å². The summed E-state index contributed by atoms with van der Waals surface area (Å²) in [6.07, 6.45) is 1.92. The van der Waals surface area contributed by atoms with E-state index in [1.165, 1.54) is 12.1 Å². The van der Waals surface area contributed by atoms with Crippen LogP contribution < -0.4 is 0 Å². The van der Waals surface area contributed by atoms with Crippen molar-refractivity contribution in [2.45, 2.75) is 44.0 Å². The minimum absolute atomic E-state index is 0.0750. The van der Waals surface area contributed by atoms with Gasteiger partial charge < -0.3 is 4.90 Å². The van der Waals surface area contributed by atoms with Crippen molar-refractivity contribution in [3.63, 3.8) is 0 Å². The molecule has 1 aromatic rings. The molecule has 1 aromatic carbocycles. The van der Waals surface area contributed by atoms with E-state index in [2.05, 4.69) is 0 Å². The number of hydrogen-bond acceptors (Lipinski definition) is 3. The van der Waals surface area contributed by atoms with Gasteiger partial charge >= 0.3 is 0 Å². The van der Waals surface area contributed by atoms with Crippen LogP contribution in [0, 0.1) is 0 Å². The number of hydrogen-bond donors (Lipinski definition) is 0. The number of aryl methyl sites for hydroxylation is 1. The van der Waals surface area contributed by atoms with Gasteiger partial charge in [0.1, 0.15) is 0 Å². The molecule has 0 radical (unpaired) electrons. The smallest absolute Gasteiger partial charge is 0.261 e. The van der Waals surface area contributed by atoms with Gasteiger partial charge in [-0.1, -0.05) is 19.1 Å². The van der Waals surface area contributed by atoms with Crippen LogP contribution in [0.25, 0.3) is 0 Å². The molecule has 1 amide bonds. The van der Waals surface area contributed by atoms with Crippen molar-refractivity contribution in [1.82, 2.24) is 4.90 Å². The first-order chi connectivity index (χ1) is 9.25. The molecule has 0 heterocycles. The monoisotopic (exact) mass is 317 g/mol. The number of benzene rings is 1. The summed E-state index contributed by atoms with van der Waals surface area (Å²) in [6.45, 7) is 4.05. The van der Waals surface area contributed by atoms with Gasteiger partial charge in [0.15, 0.2) is 0 Å². The van der Waals surface area contributed by atoms with Crippen LogP contribution >= 0.6 is 10.7 Å². The summed E-state index contributed by atoms with van der Waals surface area (Å²) in [5.41, 5.74) is 0.917. The SMILES string of the molecule is CCC(C)N(C)C(=O)CCc1ccc(S(=O)(=O)Cl)cc1. The Bertz CT molecular complexity index is 554. The molecule has 0 N–H and O–H groups in total. The highest BCUT2D eigenvalue weighted by atomic mass is 35.7. The highest BCUT2D eigenvalue weighted by molar-refractivity contribution is 8.13. The maximum atomic E-state index is 12.0. The van der Waals surface area contributed by atoms with Gasteiger partial charge in [0, 0.05) is 30.2 Å². The number of amides is 1. The molecule has 0 aromatic heterocycles. The maximum Gasteiger partial charge on any atom is 0.261 e. The molecule has 0 aliphatic heterocycles. The number of rotatable bonds is 6. The quantitative estimate of drug-likeness (QED) is 0.758. The van der Waals surface area contributed by atoms with E-state index in [0.717, 1.165) is 12.0 Å². The highest BCUT2D eigenvalue weighted by Gasteiger charge is 2.14. The average molecular weight is 318 g/mol. The first-order valence-corrected chi connectivity index (χ1v) is 8.86. The normalized spacial score (nSPS) is 13.0. The van der Waals surface area contributed by atoms with E-state index in [1.54, 1.807) is 24.1 Å². The van der Waals surface area contributed by atoms with Crippen LogP contribution in [-0.2, 0) is 20.3 Å². The van der Waals surface area contributed by atoms with Gasteiger partial charge in [0.2, 0.25) is 5.91 Å². The molecule has 1 rings (SSSR count). The van der Waals surface area contributed by atoms with Gasteiger partial charge in [0.25, 0.3) is 9.05 Å². The summed E-state index contributed by atoms with van der Waals surface area (Å²) in [6, 6.07) is 6.52. The Morgan fingerprint density at radius 1 is 1.30 bits per heavy atom. The summed E-state index contributed by atoms with van der Waals surface area (Å²) in [7, 11) is 3.37. The summed E-state index contributed by atoms with van der Waals surface area (Å²) >= 11 is 0. The molecule has 0 aliphatic carbocycles. The number of carbonyl (C=O) groups excluding carboxylic acids is 1. The largest absolute Gasteiger partial charge is 0.343 e. The molecular formula is C14H20ClNO3S. The molecule has 0 fully saturated rings. The van der Waals surface area contributed by atoms with Crippen molar-refractivity contribution in [3.05, 3.63) is 29.8 Å². The molecule has 1 unspecified atom stereocenters. The predicted molar refractivity (Wildman–Crippen MR) is 80.3 cm³/mol. The standard InChI is InChI=1S/C14H20ClNO3S/c1-4-11(2)16(3)14(17)10-7-12-5-8-13(9-6-12)20(15,18)19/h5-6,8-9,11H,4,7,10H2,1-3H3. The third kappa shape index (κ3) is 4.80. The van der Waals surface area contributed by atoms with Crippen molar-refractivity contribution in [1.29, 1.82) is 0 Å². The lowest BCUT2D eigenvalue weighted by molar-refractivity contribution is -0.131. The maximum absolute atomic E-state index is 12.0. The van der Waals surface area contributed by atoms with Crippen molar-refractivity contribution < 1.29 is 13.2 Å². The Balaban J connectivity index is 2.61. The zero-order valence-corrected chi connectivity index (χ0v) is 13.5. The zero-order valence-electron chi connectivity index (χ0n) is 12.0. The molecule has 0 aliphatic rings. The lowest BCUT2D eigenvalue weighted by Gasteiger charge is -2.23. The van der Waals surface area contributed by atoms with E-state index in [9.17, 15) is 13.2 Å². The summed E-state index contributed by atoms with van der Waals surface area (Å²) in [4.78, 5) is 13.8. The zero-order chi connectivity index (χ0) is 15.3. The van der Waals surface area contributed by atoms with Gasteiger partial charge in [0.05, 0.1) is 4.90 Å². The molecule has 4 nitrogen and oxygen atoms in total. The lowest BCUT2D eigenvalue weighted by Crippen LogP contribution is -2.34. The second kappa shape index (κ2) is 7.09. The second-order valence-electron chi connectivity index (χ2n) is 4.84. The van der Waals surface area contributed by atoms with E-state index >= 15 is 0 Å². The number of carbonyl (C=O) groups is 1. The number of halogens is 1. The predicted octanol–water partition coefficient (Wildman–Crippen LogP) is 2.80. The van der Waals surface area contributed by atoms with Crippen molar-refractivity contribution in [2.24, 2.45) is 0 Å². The fourth-order valence-electron chi connectivity index (χ4n) is 1.77. The van der Waals surface area contributed by atoms with Crippen LogP contribution in [0.2, 0.25) is 0 Å². The van der Waals surface area contributed by atoms with Gasteiger partial charge in [-0.2, -0.15) is 0 Å². The van der Waals surface area contributed by atoms with Crippen LogP contribution in [-0.4, -0.2) is 32.3 Å².